The summed E-state index contributed by atoms with van der Waals surface area (Å²) in [5, 5.41) is 12.1. The Hall–Kier alpha value is -2.28. The summed E-state index contributed by atoms with van der Waals surface area (Å²) in [5.74, 6) is 1.06. The summed E-state index contributed by atoms with van der Waals surface area (Å²) in [5.41, 5.74) is 0. The van der Waals surface area contributed by atoms with Crippen molar-refractivity contribution in [1.29, 1.82) is 0 Å². The number of benzene rings is 1. The molecule has 2 saturated carbocycles. The number of nitrogens with one attached hydrogen (secondary N) is 1. The van der Waals surface area contributed by atoms with Crippen LogP contribution in [0.2, 0.25) is 0 Å². The molecule has 0 saturated heterocycles. The van der Waals surface area contributed by atoms with Crippen LogP contribution in [0.25, 0.3) is 0 Å². The van der Waals surface area contributed by atoms with E-state index in [-0.39, 0.29) is 24.5 Å². The molecule has 2 N–H and O–H groups in total. The van der Waals surface area contributed by atoms with Gasteiger partial charge < -0.3 is 19.9 Å². The number of carboxylic acid groups (broad SMARTS) is 1. The van der Waals surface area contributed by atoms with E-state index in [0.717, 1.165) is 25.1 Å². The zero-order valence-electron chi connectivity index (χ0n) is 15.9. The molecule has 27 heavy (non-hydrogen) atoms. The van der Waals surface area contributed by atoms with Gasteiger partial charge >= 0.3 is 5.97 Å². The summed E-state index contributed by atoms with van der Waals surface area (Å²) in [6.07, 6.45) is 3.38. The second-order valence-electron chi connectivity index (χ2n) is 7.53. The fourth-order valence-corrected chi connectivity index (χ4v) is 3.38. The van der Waals surface area contributed by atoms with Crippen molar-refractivity contribution >= 4 is 11.9 Å². The summed E-state index contributed by atoms with van der Waals surface area (Å²) in [7, 11) is 1.60. The number of aliphatic carboxylic acids is 1. The molecule has 7 heteroatoms. The van der Waals surface area contributed by atoms with Crippen molar-refractivity contribution in [2.24, 2.45) is 5.92 Å². The highest BCUT2D eigenvalue weighted by Crippen LogP contribution is 2.33. The van der Waals surface area contributed by atoms with Crippen LogP contribution in [0, 0.1) is 5.92 Å². The second-order valence-corrected chi connectivity index (χ2v) is 7.53. The molecule has 0 spiro atoms. The first kappa shape index (κ1) is 19.5. The van der Waals surface area contributed by atoms with Crippen LogP contribution in [0.15, 0.2) is 24.3 Å². The molecule has 0 heterocycles. The first-order valence-electron chi connectivity index (χ1n) is 9.51. The SMILES string of the molecule is COc1ccc(OC(C)C(=O)NC2CC(N(CC(=O)O)CC3CC3)C2)cc1. The Bertz CT molecular complexity index is 653. The molecule has 3 rings (SSSR count). The molecule has 1 amide bonds. The Morgan fingerprint density at radius 3 is 2.41 bits per heavy atom. The third-order valence-corrected chi connectivity index (χ3v) is 5.25. The van der Waals surface area contributed by atoms with Crippen LogP contribution in [-0.4, -0.2) is 60.3 Å². The summed E-state index contributed by atoms with van der Waals surface area (Å²) < 4.78 is 10.8. The predicted molar refractivity (Wildman–Crippen MR) is 100.0 cm³/mol. The third kappa shape index (κ3) is 5.60. The van der Waals surface area contributed by atoms with Crippen molar-refractivity contribution in [2.75, 3.05) is 20.2 Å². The van der Waals surface area contributed by atoms with Gasteiger partial charge in [-0.1, -0.05) is 0 Å². The monoisotopic (exact) mass is 376 g/mol. The molecule has 1 atom stereocenters. The fourth-order valence-electron chi connectivity index (χ4n) is 3.38. The molecule has 0 radical (unpaired) electrons. The lowest BCUT2D eigenvalue weighted by molar-refractivity contribution is -0.140. The van der Waals surface area contributed by atoms with Crippen LogP contribution in [-0.2, 0) is 9.59 Å². The number of methoxy groups -OCH3 is 1. The number of hydrogen-bond donors (Lipinski definition) is 2. The third-order valence-electron chi connectivity index (χ3n) is 5.25. The molecule has 0 aliphatic heterocycles. The molecule has 7 nitrogen and oxygen atoms in total. The zero-order valence-corrected chi connectivity index (χ0v) is 15.9. The molecule has 2 aliphatic carbocycles. The molecule has 0 aromatic heterocycles. The number of ether oxygens (including phenoxy) is 2. The molecule has 2 fully saturated rings. The Balaban J connectivity index is 1.42. The second kappa shape index (κ2) is 8.61. The number of rotatable bonds is 10. The number of nitrogens with zero attached hydrogens (tertiary/aromatic N) is 1. The lowest BCUT2D eigenvalue weighted by Crippen LogP contribution is -2.56. The van der Waals surface area contributed by atoms with Crippen LogP contribution in [0.1, 0.15) is 32.6 Å². The minimum Gasteiger partial charge on any atom is -0.497 e. The molecule has 1 aromatic carbocycles. The van der Waals surface area contributed by atoms with E-state index >= 15 is 0 Å². The van der Waals surface area contributed by atoms with Crippen molar-refractivity contribution in [1.82, 2.24) is 10.2 Å². The standard InChI is InChI=1S/C20H28N2O5/c1-13(27-18-7-5-17(26-2)6-8-18)20(25)21-15-9-16(10-15)22(12-19(23)24)11-14-3-4-14/h5-8,13-16H,3-4,9-12H2,1-2H3,(H,21,25)(H,23,24). The van der Waals surface area contributed by atoms with Gasteiger partial charge in [0.15, 0.2) is 6.10 Å². The van der Waals surface area contributed by atoms with Crippen molar-refractivity contribution in [3.8, 4) is 11.5 Å². The van der Waals surface area contributed by atoms with Gasteiger partial charge in [-0.3, -0.25) is 14.5 Å². The number of hydrogen-bond acceptors (Lipinski definition) is 5. The van der Waals surface area contributed by atoms with Crippen LogP contribution < -0.4 is 14.8 Å². The maximum Gasteiger partial charge on any atom is 0.317 e. The maximum atomic E-state index is 12.3. The molecule has 2 aliphatic rings. The molecular weight excluding hydrogens is 348 g/mol. The van der Waals surface area contributed by atoms with E-state index in [1.807, 2.05) is 0 Å². The average Bonchev–Trinajstić information content (AvgIpc) is 3.41. The molecule has 1 aromatic rings. The number of carboxylic acids is 1. The molecule has 148 valence electrons. The van der Waals surface area contributed by atoms with Gasteiger partial charge in [-0.25, -0.2) is 0 Å². The number of carbonyl (C=O) groups is 2. The van der Waals surface area contributed by atoms with Crippen LogP contribution in [0.5, 0.6) is 11.5 Å². The lowest BCUT2D eigenvalue weighted by Gasteiger charge is -2.43. The van der Waals surface area contributed by atoms with Crippen molar-refractivity contribution in [2.45, 2.75) is 50.8 Å². The van der Waals surface area contributed by atoms with E-state index in [9.17, 15) is 9.59 Å². The summed E-state index contributed by atoms with van der Waals surface area (Å²) in [6, 6.07) is 7.43. The van der Waals surface area contributed by atoms with Gasteiger partial charge in [0.05, 0.1) is 13.7 Å². The summed E-state index contributed by atoms with van der Waals surface area (Å²) in [6.45, 7) is 2.66. The number of amides is 1. The topological polar surface area (TPSA) is 88.1 Å². The largest absolute Gasteiger partial charge is 0.497 e. The molecule has 1 unspecified atom stereocenters. The van der Waals surface area contributed by atoms with E-state index in [4.69, 9.17) is 14.6 Å². The van der Waals surface area contributed by atoms with Gasteiger partial charge in [0.25, 0.3) is 5.91 Å². The average molecular weight is 376 g/mol. The summed E-state index contributed by atoms with van der Waals surface area (Å²) >= 11 is 0. The van der Waals surface area contributed by atoms with Gasteiger partial charge in [-0.15, -0.1) is 0 Å². The smallest absolute Gasteiger partial charge is 0.317 e. The van der Waals surface area contributed by atoms with Gasteiger partial charge in [-0.05, 0) is 62.8 Å². The minimum atomic E-state index is -0.787. The lowest BCUT2D eigenvalue weighted by atomic mass is 9.85. The molecular formula is C20H28N2O5. The normalized spacial score (nSPS) is 22.6. The highest BCUT2D eigenvalue weighted by atomic mass is 16.5. The van der Waals surface area contributed by atoms with E-state index in [2.05, 4.69) is 10.2 Å². The quantitative estimate of drug-likeness (QED) is 0.649. The predicted octanol–water partition coefficient (Wildman–Crippen LogP) is 1.91. The Morgan fingerprint density at radius 1 is 1.22 bits per heavy atom. The van der Waals surface area contributed by atoms with E-state index < -0.39 is 12.1 Å². The van der Waals surface area contributed by atoms with Crippen LogP contribution in [0.4, 0.5) is 0 Å². The Kier molecular flexibility index (Phi) is 6.21. The van der Waals surface area contributed by atoms with Crippen LogP contribution >= 0.6 is 0 Å². The van der Waals surface area contributed by atoms with Crippen molar-refractivity contribution in [3.05, 3.63) is 24.3 Å². The van der Waals surface area contributed by atoms with Gasteiger partial charge in [0.2, 0.25) is 0 Å². The first-order chi connectivity index (χ1) is 12.9. The highest BCUT2D eigenvalue weighted by Gasteiger charge is 2.38. The minimum absolute atomic E-state index is 0.0822. The molecule has 0 bridgehead atoms. The van der Waals surface area contributed by atoms with E-state index in [1.165, 1.54) is 12.8 Å². The Morgan fingerprint density at radius 2 is 1.85 bits per heavy atom. The fraction of sp³-hybridized carbons (Fsp3) is 0.600. The van der Waals surface area contributed by atoms with E-state index in [0.29, 0.717) is 11.7 Å². The van der Waals surface area contributed by atoms with Gasteiger partial charge in [0.1, 0.15) is 11.5 Å². The van der Waals surface area contributed by atoms with E-state index in [1.54, 1.807) is 38.3 Å². The first-order valence-corrected chi connectivity index (χ1v) is 9.51. The van der Waals surface area contributed by atoms with Crippen molar-refractivity contribution in [3.63, 3.8) is 0 Å². The zero-order chi connectivity index (χ0) is 19.4. The maximum absolute atomic E-state index is 12.3. The number of carbonyl (C=O) groups excluding carboxylic acids is 1. The van der Waals surface area contributed by atoms with Crippen molar-refractivity contribution < 1.29 is 24.2 Å². The van der Waals surface area contributed by atoms with Crippen LogP contribution in [0.3, 0.4) is 0 Å². The highest BCUT2D eigenvalue weighted by molar-refractivity contribution is 5.81. The Labute approximate surface area is 159 Å². The summed E-state index contributed by atoms with van der Waals surface area (Å²) in [4.78, 5) is 25.5. The van der Waals surface area contributed by atoms with Gasteiger partial charge in [0, 0.05) is 18.6 Å². The van der Waals surface area contributed by atoms with Gasteiger partial charge in [-0.2, -0.15) is 0 Å².